The molecule has 0 radical (unpaired) electrons. The smallest absolute Gasteiger partial charge is 0.266 e. The van der Waals surface area contributed by atoms with Crippen LogP contribution in [-0.4, -0.2) is 11.8 Å². The van der Waals surface area contributed by atoms with Crippen LogP contribution >= 0.6 is 0 Å². The summed E-state index contributed by atoms with van der Waals surface area (Å²) in [6, 6.07) is 64.5. The van der Waals surface area contributed by atoms with Crippen LogP contribution in [-0.2, 0) is 10.8 Å². The number of hydrogen-bond acceptors (Lipinski definition) is 4. The van der Waals surface area contributed by atoms with Crippen molar-refractivity contribution in [2.75, 3.05) is 14.7 Å². The minimum atomic E-state index is -0.325. The zero-order chi connectivity index (χ0) is 41.6. The van der Waals surface area contributed by atoms with Gasteiger partial charge in [0, 0.05) is 22.2 Å². The predicted octanol–water partition coefficient (Wildman–Crippen LogP) is 14.0. The van der Waals surface area contributed by atoms with Crippen LogP contribution in [0.2, 0.25) is 0 Å². The number of amides is 2. The van der Waals surface area contributed by atoms with Crippen LogP contribution in [0.15, 0.2) is 188 Å². The highest BCUT2D eigenvalue weighted by Gasteiger charge is 2.42. The molecule has 61 heavy (non-hydrogen) atoms. The molecule has 8 aromatic rings. The summed E-state index contributed by atoms with van der Waals surface area (Å²) in [6.07, 6.45) is 0. The minimum Gasteiger partial charge on any atom is -0.310 e. The lowest BCUT2D eigenvalue weighted by atomic mass is 9.73. The van der Waals surface area contributed by atoms with Gasteiger partial charge in [-0.2, -0.15) is 0 Å². The van der Waals surface area contributed by atoms with Gasteiger partial charge in [0.15, 0.2) is 0 Å². The summed E-state index contributed by atoms with van der Waals surface area (Å²) < 4.78 is 0. The summed E-state index contributed by atoms with van der Waals surface area (Å²) in [6.45, 7) is 9.14. The molecule has 0 saturated heterocycles. The molecule has 0 aliphatic carbocycles. The molecule has 294 valence electrons. The van der Waals surface area contributed by atoms with Crippen LogP contribution in [0.1, 0.15) is 70.7 Å². The van der Waals surface area contributed by atoms with E-state index in [1.165, 1.54) is 27.2 Å². The van der Waals surface area contributed by atoms with E-state index in [1.54, 1.807) is 0 Å². The van der Waals surface area contributed by atoms with Crippen molar-refractivity contribution in [1.82, 2.24) is 0 Å². The van der Waals surface area contributed by atoms with Crippen molar-refractivity contribution in [2.45, 2.75) is 38.5 Å². The number of para-hydroxylation sites is 5. The quantitative estimate of drug-likeness (QED) is 0.163. The lowest BCUT2D eigenvalue weighted by Gasteiger charge is -2.42. The highest BCUT2D eigenvalue weighted by atomic mass is 16.2. The first-order chi connectivity index (χ1) is 29.6. The lowest BCUT2D eigenvalue weighted by molar-refractivity contribution is 0.0926. The molecule has 0 aromatic heterocycles. The molecule has 3 aliphatic rings. The molecule has 3 aliphatic heterocycles. The van der Waals surface area contributed by atoms with E-state index in [-0.39, 0.29) is 22.6 Å². The van der Waals surface area contributed by atoms with E-state index in [9.17, 15) is 9.59 Å². The van der Waals surface area contributed by atoms with Gasteiger partial charge in [-0.3, -0.25) is 9.59 Å². The molecule has 0 bridgehead atoms. The Morgan fingerprint density at radius 3 is 0.951 bits per heavy atom. The van der Waals surface area contributed by atoms with Crippen molar-refractivity contribution in [1.29, 1.82) is 0 Å². The fraction of sp³-hybridized carbons (Fsp3) is 0.107. The number of anilines is 7. The first-order valence-electron chi connectivity index (χ1n) is 20.9. The minimum absolute atomic E-state index is 0.161. The fourth-order valence-electron chi connectivity index (χ4n) is 10.1. The molecule has 11 rings (SSSR count). The van der Waals surface area contributed by atoms with E-state index in [2.05, 4.69) is 183 Å². The number of rotatable bonds is 5. The largest absolute Gasteiger partial charge is 0.310 e. The van der Waals surface area contributed by atoms with Gasteiger partial charge in [0.05, 0.1) is 39.6 Å². The molecular weight excluding hydrogens is 747 g/mol. The number of carbonyl (C=O) groups excluding carboxylic acids is 2. The van der Waals surface area contributed by atoms with E-state index in [0.717, 1.165) is 56.4 Å². The number of hydrogen-bond donors (Lipinski definition) is 0. The SMILES string of the molecule is CC1(C)c2ccccc2N(c2ccc(-c3ccc(-c4ccc(N5c6ccccc6C(C)(C)c6ccccc65)cc4)c4c3C(=O)N(c3ccccc3)C4=O)cc2)c2ccccc21. The monoisotopic (exact) mass is 789 g/mol. The van der Waals surface area contributed by atoms with Crippen LogP contribution < -0.4 is 14.7 Å². The molecule has 0 atom stereocenters. The van der Waals surface area contributed by atoms with Gasteiger partial charge in [-0.05, 0) is 105 Å². The molecule has 0 spiro atoms. The highest BCUT2D eigenvalue weighted by molar-refractivity contribution is 6.37. The number of nitrogens with zero attached hydrogens (tertiary/aromatic N) is 3. The summed E-state index contributed by atoms with van der Waals surface area (Å²) in [5, 5.41) is 0. The maximum atomic E-state index is 14.7. The Morgan fingerprint density at radius 1 is 0.311 bits per heavy atom. The molecule has 5 nitrogen and oxygen atoms in total. The predicted molar refractivity (Wildman–Crippen MR) is 249 cm³/mol. The molecule has 8 aromatic carbocycles. The maximum Gasteiger partial charge on any atom is 0.266 e. The Balaban J connectivity index is 1.01. The Morgan fingerprint density at radius 2 is 0.607 bits per heavy atom. The first kappa shape index (κ1) is 36.6. The van der Waals surface area contributed by atoms with E-state index in [1.807, 2.05) is 42.5 Å². The van der Waals surface area contributed by atoms with Crippen molar-refractivity contribution < 1.29 is 9.59 Å². The number of fused-ring (bicyclic) bond motifs is 5. The van der Waals surface area contributed by atoms with Crippen LogP contribution in [0.25, 0.3) is 22.3 Å². The standard InChI is InChI=1S/C56H43N3O2/c1-55(2)43-18-8-12-22-47(43)57(48-23-13-9-19-44(48)55)39-30-26-36(27-31-39)41-34-35-42(52-51(41)53(60)59(54(52)61)38-16-6-5-7-17-38)37-28-32-40(33-29-37)58-49-24-14-10-20-45(49)56(3,4)46-21-11-15-25-50(46)58/h5-35H,1-4H3. The third-order valence-electron chi connectivity index (χ3n) is 13.2. The zero-order valence-corrected chi connectivity index (χ0v) is 34.6. The van der Waals surface area contributed by atoms with Crippen LogP contribution in [0, 0.1) is 0 Å². The molecule has 0 unspecified atom stereocenters. The highest BCUT2D eigenvalue weighted by Crippen LogP contribution is 2.53. The van der Waals surface area contributed by atoms with Crippen LogP contribution in [0.5, 0.6) is 0 Å². The van der Waals surface area contributed by atoms with Gasteiger partial charge in [0.1, 0.15) is 0 Å². The summed E-state index contributed by atoms with van der Waals surface area (Å²) >= 11 is 0. The topological polar surface area (TPSA) is 43.9 Å². The second-order valence-electron chi connectivity index (χ2n) is 17.3. The second-order valence-corrected chi connectivity index (χ2v) is 17.3. The van der Waals surface area contributed by atoms with Crippen molar-refractivity contribution in [3.05, 3.63) is 221 Å². The second kappa shape index (κ2) is 13.5. The van der Waals surface area contributed by atoms with Gasteiger partial charge in [0.2, 0.25) is 0 Å². The average Bonchev–Trinajstić information content (AvgIpc) is 3.56. The van der Waals surface area contributed by atoms with Crippen LogP contribution in [0.4, 0.5) is 39.8 Å². The Bertz CT molecular complexity index is 2790. The normalized spacial score (nSPS) is 15.4. The molecule has 0 N–H and O–H groups in total. The summed E-state index contributed by atoms with van der Waals surface area (Å²) in [5.41, 5.74) is 15.9. The van der Waals surface area contributed by atoms with Crippen molar-refractivity contribution in [3.63, 3.8) is 0 Å². The van der Waals surface area contributed by atoms with Gasteiger partial charge < -0.3 is 9.80 Å². The van der Waals surface area contributed by atoms with E-state index in [4.69, 9.17) is 0 Å². The Hall–Kier alpha value is -7.50. The number of carbonyl (C=O) groups is 2. The van der Waals surface area contributed by atoms with Crippen molar-refractivity contribution in [3.8, 4) is 22.3 Å². The average molecular weight is 790 g/mol. The van der Waals surface area contributed by atoms with Gasteiger partial charge >= 0.3 is 0 Å². The zero-order valence-electron chi connectivity index (χ0n) is 34.6. The van der Waals surface area contributed by atoms with Gasteiger partial charge in [0.25, 0.3) is 11.8 Å². The van der Waals surface area contributed by atoms with Crippen LogP contribution in [0.3, 0.4) is 0 Å². The van der Waals surface area contributed by atoms with Gasteiger partial charge in [-0.1, -0.05) is 155 Å². The van der Waals surface area contributed by atoms with Crippen molar-refractivity contribution >= 4 is 51.6 Å². The Labute approximate surface area is 356 Å². The van der Waals surface area contributed by atoms with Gasteiger partial charge in [-0.15, -0.1) is 0 Å². The number of imide groups is 1. The summed E-state index contributed by atoms with van der Waals surface area (Å²) in [4.78, 5) is 35.3. The maximum absolute atomic E-state index is 14.7. The molecular formula is C56H43N3O2. The number of benzene rings is 8. The fourth-order valence-corrected chi connectivity index (χ4v) is 10.1. The van der Waals surface area contributed by atoms with E-state index in [0.29, 0.717) is 16.8 Å². The molecule has 5 heteroatoms. The first-order valence-corrected chi connectivity index (χ1v) is 20.9. The lowest BCUT2D eigenvalue weighted by Crippen LogP contribution is -2.30. The summed E-state index contributed by atoms with van der Waals surface area (Å²) in [5.74, 6) is -0.650. The third-order valence-corrected chi connectivity index (χ3v) is 13.2. The molecule has 2 amide bonds. The molecule has 0 fully saturated rings. The van der Waals surface area contributed by atoms with Crippen molar-refractivity contribution in [2.24, 2.45) is 0 Å². The van der Waals surface area contributed by atoms with E-state index >= 15 is 0 Å². The third kappa shape index (κ3) is 5.40. The molecule has 3 heterocycles. The van der Waals surface area contributed by atoms with E-state index < -0.39 is 0 Å². The molecule has 0 saturated carbocycles. The summed E-state index contributed by atoms with van der Waals surface area (Å²) in [7, 11) is 0. The Kier molecular flexibility index (Phi) is 8.10. The van der Waals surface area contributed by atoms with Gasteiger partial charge in [-0.25, -0.2) is 4.90 Å².